The molecule has 0 radical (unpaired) electrons. The Morgan fingerprint density at radius 3 is 2.74 bits per heavy atom. The van der Waals surface area contributed by atoms with Gasteiger partial charge in [-0.25, -0.2) is 4.98 Å². The van der Waals surface area contributed by atoms with Gasteiger partial charge in [-0.1, -0.05) is 24.3 Å². The highest BCUT2D eigenvalue weighted by atomic mass is 16.5. The Bertz CT molecular complexity index is 1350. The molecule has 1 amide bonds. The maximum atomic E-state index is 12.8. The number of H-pyrrole nitrogens is 1. The van der Waals surface area contributed by atoms with Gasteiger partial charge in [0.25, 0.3) is 5.91 Å². The molecule has 4 aromatic rings. The van der Waals surface area contributed by atoms with Crippen molar-refractivity contribution in [2.75, 3.05) is 12.4 Å². The maximum Gasteiger partial charge on any atom is 0.303 e. The molecule has 0 saturated carbocycles. The number of nitrogens with one attached hydrogen (secondary N) is 3. The summed E-state index contributed by atoms with van der Waals surface area (Å²) in [6.07, 6.45) is 0.534. The molecule has 1 aromatic heterocycles. The number of amides is 1. The van der Waals surface area contributed by atoms with E-state index in [1.165, 1.54) is 0 Å². The van der Waals surface area contributed by atoms with Gasteiger partial charge in [-0.2, -0.15) is 0 Å². The first-order valence-corrected chi connectivity index (χ1v) is 10.9. The molecule has 8 heteroatoms. The molecule has 0 unspecified atom stereocenters. The van der Waals surface area contributed by atoms with Crippen LogP contribution in [0.5, 0.6) is 5.75 Å². The number of carbonyl (C=O) groups is 2. The molecule has 0 bridgehead atoms. The Balaban J connectivity index is 1.42. The van der Waals surface area contributed by atoms with Crippen LogP contribution in [0.25, 0.3) is 11.0 Å². The minimum Gasteiger partial charge on any atom is -0.497 e. The van der Waals surface area contributed by atoms with Crippen molar-refractivity contribution >= 4 is 34.5 Å². The number of hydrogen-bond acceptors (Lipinski definition) is 5. The van der Waals surface area contributed by atoms with Crippen molar-refractivity contribution in [3.05, 3.63) is 82.9 Å². The van der Waals surface area contributed by atoms with Crippen LogP contribution in [0.2, 0.25) is 0 Å². The van der Waals surface area contributed by atoms with Gasteiger partial charge in [0.2, 0.25) is 5.95 Å². The van der Waals surface area contributed by atoms with Gasteiger partial charge in [-0.3, -0.25) is 9.59 Å². The second kappa shape index (κ2) is 10.1. The number of ether oxygens (including phenoxy) is 1. The minimum absolute atomic E-state index is 0.0768. The number of nitrogens with zero attached hydrogens (tertiary/aromatic N) is 1. The second-order valence-corrected chi connectivity index (χ2v) is 8.01. The molecule has 0 aliphatic carbocycles. The molecule has 0 aliphatic heterocycles. The van der Waals surface area contributed by atoms with Crippen LogP contribution in [0, 0.1) is 6.92 Å². The predicted octanol–water partition coefficient (Wildman–Crippen LogP) is 4.57. The van der Waals surface area contributed by atoms with E-state index in [-0.39, 0.29) is 12.3 Å². The van der Waals surface area contributed by atoms with E-state index in [0.29, 0.717) is 24.5 Å². The zero-order valence-corrected chi connectivity index (χ0v) is 19.0. The maximum absolute atomic E-state index is 12.8. The predicted molar refractivity (Wildman–Crippen MR) is 131 cm³/mol. The lowest BCUT2D eigenvalue weighted by atomic mass is 10.0. The number of methoxy groups -OCH3 is 1. The Hall–Kier alpha value is -4.33. The molecular weight excluding hydrogens is 432 g/mol. The average molecular weight is 459 g/mol. The van der Waals surface area contributed by atoms with Gasteiger partial charge in [0.15, 0.2) is 0 Å². The summed E-state index contributed by atoms with van der Waals surface area (Å²) in [6.45, 7) is 2.32. The Kier molecular flexibility index (Phi) is 6.77. The molecule has 4 N–H and O–H groups in total. The van der Waals surface area contributed by atoms with Crippen molar-refractivity contribution in [3.63, 3.8) is 0 Å². The summed E-state index contributed by atoms with van der Waals surface area (Å²) in [6, 6.07) is 18.6. The first-order valence-electron chi connectivity index (χ1n) is 10.9. The highest BCUT2D eigenvalue weighted by Crippen LogP contribution is 2.23. The number of imidazole rings is 1. The zero-order valence-electron chi connectivity index (χ0n) is 19.0. The number of benzene rings is 3. The summed E-state index contributed by atoms with van der Waals surface area (Å²) in [5.74, 6) is 0.276. The standard InChI is InChI=1S/C26H26N4O4/c1-16-6-7-17(8-11-24(31)32)12-19(16)15-27-25(33)18-4-3-5-20(13-18)28-26-29-22-10-9-21(34-2)14-23(22)30-26/h3-7,9-10,12-14H,8,11,15H2,1-2H3,(H,27,33)(H,31,32)(H2,28,29,30). The minimum atomic E-state index is -0.828. The summed E-state index contributed by atoms with van der Waals surface area (Å²) < 4.78 is 5.25. The second-order valence-electron chi connectivity index (χ2n) is 8.01. The van der Waals surface area contributed by atoms with Crippen molar-refractivity contribution in [3.8, 4) is 5.75 Å². The fourth-order valence-corrected chi connectivity index (χ4v) is 3.65. The summed E-state index contributed by atoms with van der Waals surface area (Å²) in [5, 5.41) is 15.1. The summed E-state index contributed by atoms with van der Waals surface area (Å²) in [4.78, 5) is 31.4. The summed E-state index contributed by atoms with van der Waals surface area (Å²) in [5.41, 5.74) is 5.83. The van der Waals surface area contributed by atoms with Crippen molar-refractivity contribution in [2.24, 2.45) is 0 Å². The van der Waals surface area contributed by atoms with Gasteiger partial charge in [0.1, 0.15) is 5.75 Å². The Labute approximate surface area is 197 Å². The van der Waals surface area contributed by atoms with E-state index >= 15 is 0 Å². The van der Waals surface area contributed by atoms with E-state index in [0.717, 1.165) is 39.2 Å². The molecule has 34 heavy (non-hydrogen) atoms. The number of hydrogen-bond donors (Lipinski definition) is 4. The van der Waals surface area contributed by atoms with Crippen molar-refractivity contribution in [2.45, 2.75) is 26.3 Å². The molecule has 1 heterocycles. The number of aryl methyl sites for hydroxylation is 2. The van der Waals surface area contributed by atoms with E-state index < -0.39 is 5.97 Å². The third-order valence-electron chi connectivity index (χ3n) is 5.56. The van der Waals surface area contributed by atoms with E-state index in [9.17, 15) is 9.59 Å². The van der Waals surface area contributed by atoms with E-state index in [1.54, 1.807) is 25.3 Å². The largest absolute Gasteiger partial charge is 0.497 e. The molecule has 0 atom stereocenters. The number of rotatable bonds is 9. The normalized spacial score (nSPS) is 10.8. The first-order chi connectivity index (χ1) is 16.4. The Morgan fingerprint density at radius 2 is 1.94 bits per heavy atom. The fraction of sp³-hybridized carbons (Fsp3) is 0.192. The van der Waals surface area contributed by atoms with Gasteiger partial charge < -0.3 is 25.5 Å². The van der Waals surface area contributed by atoms with Gasteiger partial charge in [0.05, 0.1) is 18.1 Å². The van der Waals surface area contributed by atoms with Gasteiger partial charge in [-0.15, -0.1) is 0 Å². The molecule has 0 aliphatic rings. The number of aliphatic carboxylic acids is 1. The third-order valence-corrected chi connectivity index (χ3v) is 5.56. The zero-order chi connectivity index (χ0) is 24.1. The number of carboxylic acid groups (broad SMARTS) is 1. The van der Waals surface area contributed by atoms with Crippen LogP contribution >= 0.6 is 0 Å². The molecule has 3 aromatic carbocycles. The molecule has 4 rings (SSSR count). The first kappa shape index (κ1) is 22.8. The van der Waals surface area contributed by atoms with E-state index in [1.807, 2.05) is 49.4 Å². The van der Waals surface area contributed by atoms with Gasteiger partial charge >= 0.3 is 5.97 Å². The van der Waals surface area contributed by atoms with Crippen molar-refractivity contribution < 1.29 is 19.4 Å². The number of carbonyl (C=O) groups excluding carboxylic acids is 1. The summed E-state index contributed by atoms with van der Waals surface area (Å²) in [7, 11) is 1.62. The lowest BCUT2D eigenvalue weighted by molar-refractivity contribution is -0.136. The van der Waals surface area contributed by atoms with Crippen LogP contribution in [0.1, 0.15) is 33.5 Å². The van der Waals surface area contributed by atoms with Crippen LogP contribution in [-0.2, 0) is 17.8 Å². The molecule has 0 saturated heterocycles. The van der Waals surface area contributed by atoms with Gasteiger partial charge in [-0.05, 0) is 60.4 Å². The van der Waals surface area contributed by atoms with Crippen molar-refractivity contribution in [1.29, 1.82) is 0 Å². The molecule has 0 spiro atoms. The molecule has 174 valence electrons. The number of aromatic amines is 1. The van der Waals surface area contributed by atoms with Crippen LogP contribution in [0.4, 0.5) is 11.6 Å². The smallest absolute Gasteiger partial charge is 0.303 e. The van der Waals surface area contributed by atoms with Crippen LogP contribution in [-0.4, -0.2) is 34.1 Å². The van der Waals surface area contributed by atoms with Crippen molar-refractivity contribution in [1.82, 2.24) is 15.3 Å². The quantitative estimate of drug-likeness (QED) is 0.292. The number of fused-ring (bicyclic) bond motifs is 1. The lowest BCUT2D eigenvalue weighted by Gasteiger charge is -2.11. The highest BCUT2D eigenvalue weighted by molar-refractivity contribution is 5.95. The topological polar surface area (TPSA) is 116 Å². The third kappa shape index (κ3) is 5.53. The SMILES string of the molecule is COc1ccc2nc(Nc3cccc(C(=O)NCc4cc(CCC(=O)O)ccc4C)c3)[nH]c2c1. The highest BCUT2D eigenvalue weighted by Gasteiger charge is 2.10. The molecular formula is C26H26N4O4. The number of aromatic nitrogens is 2. The number of anilines is 2. The van der Waals surface area contributed by atoms with Gasteiger partial charge in [0, 0.05) is 30.3 Å². The average Bonchev–Trinajstić information content (AvgIpc) is 3.23. The van der Waals surface area contributed by atoms with E-state index in [4.69, 9.17) is 9.84 Å². The molecule has 0 fully saturated rings. The Morgan fingerprint density at radius 1 is 1.09 bits per heavy atom. The summed E-state index contributed by atoms with van der Waals surface area (Å²) >= 11 is 0. The van der Waals surface area contributed by atoms with E-state index in [2.05, 4.69) is 20.6 Å². The van der Waals surface area contributed by atoms with Crippen LogP contribution < -0.4 is 15.4 Å². The van der Waals surface area contributed by atoms with Crippen LogP contribution in [0.15, 0.2) is 60.7 Å². The van der Waals surface area contributed by atoms with Crippen LogP contribution in [0.3, 0.4) is 0 Å². The fourth-order valence-electron chi connectivity index (χ4n) is 3.65. The molecule has 8 nitrogen and oxygen atoms in total. The number of carboxylic acids is 1. The lowest BCUT2D eigenvalue weighted by Crippen LogP contribution is -2.23. The monoisotopic (exact) mass is 458 g/mol.